The molecule has 15 heavy (non-hydrogen) atoms. The predicted molar refractivity (Wildman–Crippen MR) is 49.4 cm³/mol. The van der Waals surface area contributed by atoms with E-state index >= 15 is 0 Å². The van der Waals surface area contributed by atoms with Crippen LogP contribution < -0.4 is 5.73 Å². The van der Waals surface area contributed by atoms with E-state index in [1.165, 1.54) is 19.2 Å². The van der Waals surface area contributed by atoms with Gasteiger partial charge in [0.25, 0.3) is 0 Å². The van der Waals surface area contributed by atoms with Gasteiger partial charge < -0.3 is 20.0 Å². The summed E-state index contributed by atoms with van der Waals surface area (Å²) in [6.07, 6.45) is 0.111. The molecule has 0 aromatic carbocycles. The van der Waals surface area contributed by atoms with Crippen LogP contribution in [0.5, 0.6) is 0 Å². The quantitative estimate of drug-likeness (QED) is 0.683. The summed E-state index contributed by atoms with van der Waals surface area (Å²) in [5.41, 5.74) is 5.46. The van der Waals surface area contributed by atoms with Crippen molar-refractivity contribution in [3.05, 3.63) is 23.7 Å². The number of nitrogens with two attached hydrogens (primary N) is 1. The zero-order valence-electron chi connectivity index (χ0n) is 8.10. The van der Waals surface area contributed by atoms with Gasteiger partial charge in [-0.25, -0.2) is 4.79 Å². The van der Waals surface area contributed by atoms with Gasteiger partial charge in [-0.15, -0.1) is 0 Å². The third-order valence-electron chi connectivity index (χ3n) is 1.80. The third kappa shape index (κ3) is 2.81. The van der Waals surface area contributed by atoms with Crippen LogP contribution in [0.3, 0.4) is 0 Å². The number of carbonyl (C=O) groups is 2. The summed E-state index contributed by atoms with van der Waals surface area (Å²) < 4.78 is 9.34. The fourth-order valence-corrected chi connectivity index (χ4v) is 1.05. The summed E-state index contributed by atoms with van der Waals surface area (Å²) in [7, 11) is 1.23. The highest BCUT2D eigenvalue weighted by molar-refractivity contribution is 5.84. The average molecular weight is 213 g/mol. The number of aromatic carboxylic acids is 1. The van der Waals surface area contributed by atoms with E-state index < -0.39 is 18.0 Å². The SMILES string of the molecule is COC(=O)[C@@H](N)Cc1ccc(C(=O)O)o1. The van der Waals surface area contributed by atoms with E-state index in [1.54, 1.807) is 0 Å². The standard InChI is InChI=1S/C9H11NO5/c1-14-9(13)6(10)4-5-2-3-7(15-5)8(11)12/h2-3,6H,4,10H2,1H3,(H,11,12)/t6-/m0/s1. The summed E-state index contributed by atoms with van der Waals surface area (Å²) in [4.78, 5) is 21.4. The Bertz CT molecular complexity index is 370. The molecule has 0 aliphatic rings. The molecule has 0 bridgehead atoms. The summed E-state index contributed by atoms with van der Waals surface area (Å²) in [5, 5.41) is 8.57. The maximum Gasteiger partial charge on any atom is 0.371 e. The molecule has 82 valence electrons. The lowest BCUT2D eigenvalue weighted by atomic mass is 10.2. The van der Waals surface area contributed by atoms with Gasteiger partial charge in [0.05, 0.1) is 7.11 Å². The molecule has 0 aliphatic heterocycles. The Morgan fingerprint density at radius 2 is 2.27 bits per heavy atom. The maximum absolute atomic E-state index is 11.0. The summed E-state index contributed by atoms with van der Waals surface area (Å²) in [6, 6.07) is 1.93. The van der Waals surface area contributed by atoms with Crippen molar-refractivity contribution >= 4 is 11.9 Å². The summed E-state index contributed by atoms with van der Waals surface area (Å²) in [5.74, 6) is -1.57. The van der Waals surface area contributed by atoms with Gasteiger partial charge in [-0.05, 0) is 12.1 Å². The van der Waals surface area contributed by atoms with E-state index in [4.69, 9.17) is 15.3 Å². The minimum absolute atomic E-state index is 0.111. The fraction of sp³-hybridized carbons (Fsp3) is 0.333. The first kappa shape index (κ1) is 11.3. The molecule has 6 nitrogen and oxygen atoms in total. The Morgan fingerprint density at radius 1 is 1.60 bits per heavy atom. The first-order valence-corrected chi connectivity index (χ1v) is 4.20. The second-order valence-corrected chi connectivity index (χ2v) is 2.90. The number of hydrogen-bond acceptors (Lipinski definition) is 5. The largest absolute Gasteiger partial charge is 0.475 e. The second-order valence-electron chi connectivity index (χ2n) is 2.90. The zero-order valence-corrected chi connectivity index (χ0v) is 8.10. The van der Waals surface area contributed by atoms with E-state index in [2.05, 4.69) is 4.74 Å². The van der Waals surface area contributed by atoms with Crippen molar-refractivity contribution in [2.24, 2.45) is 5.73 Å². The highest BCUT2D eigenvalue weighted by atomic mass is 16.5. The van der Waals surface area contributed by atoms with E-state index in [9.17, 15) is 9.59 Å². The monoisotopic (exact) mass is 213 g/mol. The number of esters is 1. The number of carbonyl (C=O) groups excluding carboxylic acids is 1. The van der Waals surface area contributed by atoms with Crippen LogP contribution in [0.2, 0.25) is 0 Å². The Kier molecular flexibility index (Phi) is 3.46. The first-order valence-electron chi connectivity index (χ1n) is 4.20. The molecule has 1 atom stereocenters. The van der Waals surface area contributed by atoms with Crippen LogP contribution in [0.4, 0.5) is 0 Å². The number of furan rings is 1. The zero-order chi connectivity index (χ0) is 11.4. The molecule has 0 unspecified atom stereocenters. The van der Waals surface area contributed by atoms with Crippen LogP contribution in [0.15, 0.2) is 16.5 Å². The second kappa shape index (κ2) is 4.61. The Balaban J connectivity index is 2.65. The van der Waals surface area contributed by atoms with Crippen molar-refractivity contribution in [1.29, 1.82) is 0 Å². The molecule has 0 amide bonds. The summed E-state index contributed by atoms with van der Waals surface area (Å²) >= 11 is 0. The smallest absolute Gasteiger partial charge is 0.371 e. The van der Waals surface area contributed by atoms with E-state index in [0.717, 1.165) is 0 Å². The van der Waals surface area contributed by atoms with Crippen LogP contribution in [0, 0.1) is 0 Å². The summed E-state index contributed by atoms with van der Waals surface area (Å²) in [6.45, 7) is 0. The molecule has 1 aromatic heterocycles. The highest BCUT2D eigenvalue weighted by Crippen LogP contribution is 2.09. The Labute approximate surface area is 85.6 Å². The molecule has 1 rings (SSSR count). The average Bonchev–Trinajstić information content (AvgIpc) is 2.65. The third-order valence-corrected chi connectivity index (χ3v) is 1.80. The molecular formula is C9H11NO5. The number of hydrogen-bond donors (Lipinski definition) is 2. The lowest BCUT2D eigenvalue weighted by Crippen LogP contribution is -2.33. The van der Waals surface area contributed by atoms with Gasteiger partial charge in [-0.3, -0.25) is 4.79 Å². The fourth-order valence-electron chi connectivity index (χ4n) is 1.05. The Hall–Kier alpha value is -1.82. The molecule has 0 fully saturated rings. The molecule has 3 N–H and O–H groups in total. The topological polar surface area (TPSA) is 103 Å². The number of rotatable bonds is 4. The van der Waals surface area contributed by atoms with Gasteiger partial charge >= 0.3 is 11.9 Å². The van der Waals surface area contributed by atoms with Gasteiger partial charge in [0.1, 0.15) is 11.8 Å². The maximum atomic E-state index is 11.0. The van der Waals surface area contributed by atoms with Crippen LogP contribution in [-0.4, -0.2) is 30.2 Å². The molecule has 0 spiro atoms. The normalized spacial score (nSPS) is 12.1. The van der Waals surface area contributed by atoms with Crippen LogP contribution in [-0.2, 0) is 16.0 Å². The van der Waals surface area contributed by atoms with Gasteiger partial charge in [0.2, 0.25) is 5.76 Å². The number of methoxy groups -OCH3 is 1. The molecule has 6 heteroatoms. The van der Waals surface area contributed by atoms with Crippen molar-refractivity contribution in [3.63, 3.8) is 0 Å². The number of carboxylic acid groups (broad SMARTS) is 1. The molecule has 0 saturated carbocycles. The molecular weight excluding hydrogens is 202 g/mol. The minimum atomic E-state index is -1.16. The van der Waals surface area contributed by atoms with Crippen molar-refractivity contribution in [1.82, 2.24) is 0 Å². The number of ether oxygens (including phenoxy) is 1. The molecule has 0 radical (unpaired) electrons. The molecule has 0 saturated heterocycles. The van der Waals surface area contributed by atoms with Crippen LogP contribution in [0.25, 0.3) is 0 Å². The van der Waals surface area contributed by atoms with Crippen molar-refractivity contribution in [3.8, 4) is 0 Å². The van der Waals surface area contributed by atoms with Gasteiger partial charge in [0.15, 0.2) is 0 Å². The van der Waals surface area contributed by atoms with Gasteiger partial charge in [-0.2, -0.15) is 0 Å². The van der Waals surface area contributed by atoms with Crippen LogP contribution in [0.1, 0.15) is 16.3 Å². The lowest BCUT2D eigenvalue weighted by Gasteiger charge is -2.06. The Morgan fingerprint density at radius 3 is 2.73 bits per heavy atom. The molecule has 1 heterocycles. The van der Waals surface area contributed by atoms with E-state index in [0.29, 0.717) is 5.76 Å². The highest BCUT2D eigenvalue weighted by Gasteiger charge is 2.17. The van der Waals surface area contributed by atoms with Gasteiger partial charge in [-0.1, -0.05) is 0 Å². The van der Waals surface area contributed by atoms with Crippen molar-refractivity contribution in [2.45, 2.75) is 12.5 Å². The molecule has 1 aromatic rings. The lowest BCUT2D eigenvalue weighted by molar-refractivity contribution is -0.142. The van der Waals surface area contributed by atoms with Crippen molar-refractivity contribution in [2.75, 3.05) is 7.11 Å². The molecule has 0 aliphatic carbocycles. The van der Waals surface area contributed by atoms with Crippen molar-refractivity contribution < 1.29 is 23.8 Å². The van der Waals surface area contributed by atoms with Crippen LogP contribution >= 0.6 is 0 Å². The van der Waals surface area contributed by atoms with E-state index in [-0.39, 0.29) is 12.2 Å². The predicted octanol–water partition coefficient (Wildman–Crippen LogP) is 0.0206. The first-order chi connectivity index (χ1) is 7.04. The van der Waals surface area contributed by atoms with E-state index in [1.807, 2.05) is 0 Å². The number of carboxylic acids is 1. The van der Waals surface area contributed by atoms with Gasteiger partial charge in [0, 0.05) is 6.42 Å². The minimum Gasteiger partial charge on any atom is -0.475 e.